The van der Waals surface area contributed by atoms with Crippen molar-refractivity contribution < 1.29 is 19.1 Å². The van der Waals surface area contributed by atoms with E-state index in [1.807, 2.05) is 6.07 Å². The van der Waals surface area contributed by atoms with Crippen LogP contribution in [0.1, 0.15) is 43.8 Å². The Labute approximate surface area is 151 Å². The van der Waals surface area contributed by atoms with E-state index >= 15 is 0 Å². The maximum Gasteiger partial charge on any atom is 0.340 e. The van der Waals surface area contributed by atoms with Crippen LogP contribution in [0.25, 0.3) is 0 Å². The first kappa shape index (κ1) is 17.5. The van der Waals surface area contributed by atoms with E-state index in [0.717, 1.165) is 12.8 Å². The Bertz CT molecular complexity index is 812. The second-order valence-electron chi connectivity index (χ2n) is 6.26. The van der Waals surface area contributed by atoms with Crippen molar-refractivity contribution in [1.29, 1.82) is 0 Å². The minimum absolute atomic E-state index is 0.206. The van der Waals surface area contributed by atoms with Gasteiger partial charge in [-0.05, 0) is 55.0 Å². The Morgan fingerprint density at radius 2 is 2.04 bits per heavy atom. The molecular formula is C19H21NO4S. The smallest absolute Gasteiger partial charge is 0.340 e. The Morgan fingerprint density at radius 3 is 2.76 bits per heavy atom. The number of rotatable bonds is 4. The van der Waals surface area contributed by atoms with Gasteiger partial charge in [0.15, 0.2) is 0 Å². The van der Waals surface area contributed by atoms with E-state index in [2.05, 4.69) is 12.2 Å². The third-order valence-corrected chi connectivity index (χ3v) is 5.67. The summed E-state index contributed by atoms with van der Waals surface area (Å²) >= 11 is 1.54. The van der Waals surface area contributed by atoms with Crippen molar-refractivity contribution in [3.63, 3.8) is 0 Å². The van der Waals surface area contributed by atoms with E-state index in [-0.39, 0.29) is 11.5 Å². The molecule has 3 rings (SSSR count). The topological polar surface area (TPSA) is 64.6 Å². The first-order valence-electron chi connectivity index (χ1n) is 8.21. The van der Waals surface area contributed by atoms with Crippen LogP contribution in [0.3, 0.4) is 0 Å². The van der Waals surface area contributed by atoms with Gasteiger partial charge in [-0.25, -0.2) is 4.79 Å². The lowest BCUT2D eigenvalue weighted by atomic mass is 9.90. The molecule has 1 amide bonds. The summed E-state index contributed by atoms with van der Waals surface area (Å²) in [5.41, 5.74) is 1.96. The highest BCUT2D eigenvalue weighted by atomic mass is 32.1. The zero-order chi connectivity index (χ0) is 18.0. The SMILES string of the molecule is COC(=O)c1cc(OC)ccc1NC(=O)c1cc2c(s1)CCC(C)C2. The van der Waals surface area contributed by atoms with Gasteiger partial charge >= 0.3 is 5.97 Å². The quantitative estimate of drug-likeness (QED) is 0.841. The number of aryl methyl sites for hydroxylation is 1. The van der Waals surface area contributed by atoms with Crippen LogP contribution in [-0.2, 0) is 17.6 Å². The maximum atomic E-state index is 12.6. The summed E-state index contributed by atoms with van der Waals surface area (Å²) in [5.74, 6) is 0.459. The fraction of sp³-hybridized carbons (Fsp3) is 0.368. The van der Waals surface area contributed by atoms with Crippen molar-refractivity contribution >= 4 is 28.9 Å². The van der Waals surface area contributed by atoms with Crippen LogP contribution in [0.15, 0.2) is 24.3 Å². The molecule has 1 atom stereocenters. The molecule has 25 heavy (non-hydrogen) atoms. The van der Waals surface area contributed by atoms with Crippen LogP contribution in [0.2, 0.25) is 0 Å². The van der Waals surface area contributed by atoms with Gasteiger partial charge in [0.05, 0.1) is 30.3 Å². The Hall–Kier alpha value is -2.34. The average Bonchev–Trinajstić information content (AvgIpc) is 3.04. The van der Waals surface area contributed by atoms with Crippen molar-refractivity contribution in [2.24, 2.45) is 5.92 Å². The third kappa shape index (κ3) is 3.69. The number of benzene rings is 1. The molecular weight excluding hydrogens is 338 g/mol. The minimum Gasteiger partial charge on any atom is -0.497 e. The number of methoxy groups -OCH3 is 2. The van der Waals surface area contributed by atoms with Crippen molar-refractivity contribution in [2.45, 2.75) is 26.2 Å². The molecule has 0 aliphatic heterocycles. The van der Waals surface area contributed by atoms with E-state index in [9.17, 15) is 9.59 Å². The molecule has 1 aliphatic rings. The summed E-state index contributed by atoms with van der Waals surface area (Å²) in [5, 5.41) is 2.83. The minimum atomic E-state index is -0.520. The van der Waals surface area contributed by atoms with Gasteiger partial charge in [-0.15, -0.1) is 11.3 Å². The highest BCUT2D eigenvalue weighted by molar-refractivity contribution is 7.14. The number of carbonyl (C=O) groups excluding carboxylic acids is 2. The summed E-state index contributed by atoms with van der Waals surface area (Å²) in [7, 11) is 2.83. The largest absolute Gasteiger partial charge is 0.497 e. The van der Waals surface area contributed by atoms with Gasteiger partial charge in [0.25, 0.3) is 5.91 Å². The van der Waals surface area contributed by atoms with Gasteiger partial charge in [0.2, 0.25) is 0 Å². The number of hydrogen-bond donors (Lipinski definition) is 1. The molecule has 1 N–H and O–H groups in total. The number of esters is 1. The molecule has 0 bridgehead atoms. The molecule has 0 spiro atoms. The highest BCUT2D eigenvalue weighted by Crippen LogP contribution is 2.33. The molecule has 0 radical (unpaired) electrons. The molecule has 0 saturated carbocycles. The molecule has 1 aliphatic carbocycles. The second kappa shape index (κ2) is 7.27. The molecule has 132 valence electrons. The monoisotopic (exact) mass is 359 g/mol. The van der Waals surface area contributed by atoms with E-state index < -0.39 is 5.97 Å². The Morgan fingerprint density at radius 1 is 1.24 bits per heavy atom. The molecule has 5 nitrogen and oxygen atoms in total. The van der Waals surface area contributed by atoms with E-state index in [1.165, 1.54) is 42.4 Å². The van der Waals surface area contributed by atoms with Crippen LogP contribution >= 0.6 is 11.3 Å². The van der Waals surface area contributed by atoms with Crippen LogP contribution in [0, 0.1) is 5.92 Å². The predicted octanol–water partition coefficient (Wildman–Crippen LogP) is 3.92. The van der Waals surface area contributed by atoms with E-state index in [1.54, 1.807) is 18.2 Å². The Balaban J connectivity index is 1.85. The summed E-state index contributed by atoms with van der Waals surface area (Å²) in [4.78, 5) is 26.6. The number of ether oxygens (including phenoxy) is 2. The predicted molar refractivity (Wildman–Crippen MR) is 97.8 cm³/mol. The molecule has 0 saturated heterocycles. The molecule has 1 aromatic heterocycles. The number of thiophene rings is 1. The molecule has 1 aromatic carbocycles. The molecule has 2 aromatic rings. The van der Waals surface area contributed by atoms with Crippen LogP contribution in [0.4, 0.5) is 5.69 Å². The molecule has 0 fully saturated rings. The van der Waals surface area contributed by atoms with Crippen molar-refractivity contribution in [3.8, 4) is 5.75 Å². The van der Waals surface area contributed by atoms with Crippen LogP contribution in [-0.4, -0.2) is 26.1 Å². The first-order chi connectivity index (χ1) is 12.0. The number of nitrogens with one attached hydrogen (secondary N) is 1. The van der Waals surface area contributed by atoms with Gasteiger partial charge in [0, 0.05) is 4.88 Å². The zero-order valence-electron chi connectivity index (χ0n) is 14.5. The van der Waals surface area contributed by atoms with Gasteiger partial charge in [-0.2, -0.15) is 0 Å². The van der Waals surface area contributed by atoms with Gasteiger partial charge < -0.3 is 14.8 Å². The number of amides is 1. The van der Waals surface area contributed by atoms with Gasteiger partial charge in [0.1, 0.15) is 5.75 Å². The normalized spacial score (nSPS) is 16.0. The number of hydrogen-bond acceptors (Lipinski definition) is 5. The lowest BCUT2D eigenvalue weighted by Crippen LogP contribution is -2.14. The standard InChI is InChI=1S/C19H21NO4S/c1-11-4-7-16-12(8-11)9-17(25-16)18(21)20-15-6-5-13(23-2)10-14(15)19(22)24-3/h5-6,9-11H,4,7-8H2,1-3H3,(H,20,21). The summed E-state index contributed by atoms with van der Waals surface area (Å²) in [6, 6.07) is 6.89. The van der Waals surface area contributed by atoms with Crippen molar-refractivity contribution in [3.05, 3.63) is 45.1 Å². The van der Waals surface area contributed by atoms with Gasteiger partial charge in [-0.3, -0.25) is 4.79 Å². The van der Waals surface area contributed by atoms with Crippen LogP contribution < -0.4 is 10.1 Å². The van der Waals surface area contributed by atoms with Crippen molar-refractivity contribution in [1.82, 2.24) is 0 Å². The fourth-order valence-electron chi connectivity index (χ4n) is 3.04. The third-order valence-electron chi connectivity index (χ3n) is 4.43. The Kier molecular flexibility index (Phi) is 5.08. The van der Waals surface area contributed by atoms with E-state index in [0.29, 0.717) is 22.2 Å². The summed E-state index contributed by atoms with van der Waals surface area (Å²) in [6.07, 6.45) is 3.22. The number of carbonyl (C=O) groups is 2. The zero-order valence-corrected chi connectivity index (χ0v) is 15.4. The second-order valence-corrected chi connectivity index (χ2v) is 7.40. The molecule has 1 heterocycles. The maximum absolute atomic E-state index is 12.6. The van der Waals surface area contributed by atoms with Gasteiger partial charge in [-0.1, -0.05) is 6.92 Å². The fourth-order valence-corrected chi connectivity index (χ4v) is 4.14. The number of fused-ring (bicyclic) bond motifs is 1. The van der Waals surface area contributed by atoms with Crippen molar-refractivity contribution in [2.75, 3.05) is 19.5 Å². The lowest BCUT2D eigenvalue weighted by molar-refractivity contribution is 0.0601. The lowest BCUT2D eigenvalue weighted by Gasteiger charge is -2.16. The number of anilines is 1. The molecule has 6 heteroatoms. The first-order valence-corrected chi connectivity index (χ1v) is 9.02. The highest BCUT2D eigenvalue weighted by Gasteiger charge is 2.22. The summed E-state index contributed by atoms with van der Waals surface area (Å²) < 4.78 is 9.94. The van der Waals surface area contributed by atoms with E-state index in [4.69, 9.17) is 9.47 Å². The summed E-state index contributed by atoms with van der Waals surface area (Å²) in [6.45, 7) is 2.24. The molecule has 1 unspecified atom stereocenters. The van der Waals surface area contributed by atoms with Crippen LogP contribution in [0.5, 0.6) is 5.75 Å². The average molecular weight is 359 g/mol.